The van der Waals surface area contributed by atoms with Crippen molar-refractivity contribution in [2.45, 2.75) is 39.3 Å². The van der Waals surface area contributed by atoms with E-state index in [9.17, 15) is 14.9 Å². The lowest BCUT2D eigenvalue weighted by atomic mass is 9.93. The summed E-state index contributed by atoms with van der Waals surface area (Å²) < 4.78 is 24.7. The van der Waals surface area contributed by atoms with Gasteiger partial charge in [-0.15, -0.1) is 0 Å². The number of nitriles is 1. The van der Waals surface area contributed by atoms with Gasteiger partial charge in [0.25, 0.3) is 5.56 Å². The Morgan fingerprint density at radius 2 is 1.83 bits per heavy atom. The number of aromatic nitrogens is 1. The molecule has 0 unspecified atom stereocenters. The molecule has 1 aliphatic rings. The first-order chi connectivity index (χ1) is 22.3. The van der Waals surface area contributed by atoms with Gasteiger partial charge in [-0.05, 0) is 61.4 Å². The van der Waals surface area contributed by atoms with E-state index in [1.54, 1.807) is 55.5 Å². The van der Waals surface area contributed by atoms with Crippen molar-refractivity contribution < 1.29 is 23.7 Å². The lowest BCUT2D eigenvalue weighted by molar-refractivity contribution is -0.139. The zero-order valence-corrected chi connectivity index (χ0v) is 27.4. The second-order valence-electron chi connectivity index (χ2n) is 10.3. The Hall–Kier alpha value is -4.85. The number of esters is 1. The van der Waals surface area contributed by atoms with Crippen LogP contribution in [0.3, 0.4) is 0 Å². The van der Waals surface area contributed by atoms with E-state index in [2.05, 4.69) is 6.07 Å². The Kier molecular flexibility index (Phi) is 10.3. The van der Waals surface area contributed by atoms with Gasteiger partial charge in [0.15, 0.2) is 16.3 Å². The van der Waals surface area contributed by atoms with Crippen LogP contribution >= 0.6 is 22.9 Å². The average molecular weight is 658 g/mol. The van der Waals surface area contributed by atoms with Gasteiger partial charge >= 0.3 is 5.97 Å². The Labute approximate surface area is 275 Å². The number of nitrogens with zero attached hydrogens (tertiary/aromatic N) is 3. The van der Waals surface area contributed by atoms with Crippen molar-refractivity contribution in [2.24, 2.45) is 4.99 Å². The molecule has 0 fully saturated rings. The second-order valence-corrected chi connectivity index (χ2v) is 11.7. The molecular formula is C35H32ClN3O6S. The Morgan fingerprint density at radius 1 is 1.07 bits per heavy atom. The zero-order valence-electron chi connectivity index (χ0n) is 25.8. The molecule has 9 nitrogen and oxygen atoms in total. The maximum absolute atomic E-state index is 14.2. The van der Waals surface area contributed by atoms with E-state index in [-0.39, 0.29) is 24.3 Å². The molecule has 2 heterocycles. The molecule has 0 spiro atoms. The number of halogens is 1. The molecule has 0 bridgehead atoms. The van der Waals surface area contributed by atoms with Crippen LogP contribution in [0.1, 0.15) is 55.0 Å². The van der Waals surface area contributed by atoms with Crippen molar-refractivity contribution in [1.29, 1.82) is 5.26 Å². The lowest BCUT2D eigenvalue weighted by Gasteiger charge is -2.27. The van der Waals surface area contributed by atoms with Crippen LogP contribution in [0.25, 0.3) is 6.08 Å². The molecule has 1 aromatic heterocycles. The highest BCUT2D eigenvalue weighted by molar-refractivity contribution is 7.07. The predicted octanol–water partition coefficient (Wildman–Crippen LogP) is 5.70. The summed E-state index contributed by atoms with van der Waals surface area (Å²) in [6.07, 6.45) is 2.99. The van der Waals surface area contributed by atoms with Gasteiger partial charge in [-0.1, -0.05) is 60.5 Å². The summed E-state index contributed by atoms with van der Waals surface area (Å²) in [5, 5.41) is 9.83. The van der Waals surface area contributed by atoms with E-state index >= 15 is 0 Å². The second kappa shape index (κ2) is 14.5. The number of carbonyl (C=O) groups excluding carboxylic acids is 1. The van der Waals surface area contributed by atoms with Crippen molar-refractivity contribution >= 4 is 35.0 Å². The van der Waals surface area contributed by atoms with E-state index in [1.165, 1.54) is 30.1 Å². The fourth-order valence-electron chi connectivity index (χ4n) is 5.29. The summed E-state index contributed by atoms with van der Waals surface area (Å²) in [6, 6.07) is 19.0. The van der Waals surface area contributed by atoms with Crippen LogP contribution in [0.4, 0.5) is 0 Å². The topological polar surface area (TPSA) is 112 Å². The molecular weight excluding hydrogens is 626 g/mol. The number of thiazole rings is 1. The highest BCUT2D eigenvalue weighted by Gasteiger charge is 2.36. The summed E-state index contributed by atoms with van der Waals surface area (Å²) >= 11 is 7.66. The maximum atomic E-state index is 14.2. The number of allylic oxidation sites excluding steroid dienone is 1. The van der Waals surface area contributed by atoms with Gasteiger partial charge in [-0.3, -0.25) is 9.36 Å². The quantitative estimate of drug-likeness (QED) is 0.190. The van der Waals surface area contributed by atoms with E-state index < -0.39 is 12.0 Å². The molecule has 0 aliphatic carbocycles. The third-order valence-corrected chi connectivity index (χ3v) is 8.60. The predicted molar refractivity (Wildman–Crippen MR) is 176 cm³/mol. The van der Waals surface area contributed by atoms with Gasteiger partial charge in [0.2, 0.25) is 0 Å². The third-order valence-electron chi connectivity index (χ3n) is 7.38. The molecule has 0 saturated carbocycles. The minimum atomic E-state index is -0.866. The first-order valence-corrected chi connectivity index (χ1v) is 15.9. The van der Waals surface area contributed by atoms with Gasteiger partial charge < -0.3 is 18.9 Å². The van der Waals surface area contributed by atoms with Crippen LogP contribution in [0, 0.1) is 11.3 Å². The monoisotopic (exact) mass is 657 g/mol. The van der Waals surface area contributed by atoms with Crippen LogP contribution in [0.2, 0.25) is 5.02 Å². The van der Waals surface area contributed by atoms with Gasteiger partial charge in [0.05, 0.1) is 48.3 Å². The Balaban J connectivity index is 1.62. The van der Waals surface area contributed by atoms with E-state index in [0.717, 1.165) is 12.0 Å². The highest BCUT2D eigenvalue weighted by atomic mass is 35.5. The van der Waals surface area contributed by atoms with Crippen LogP contribution in [0.15, 0.2) is 81.7 Å². The number of ether oxygens (including phenoxy) is 4. The number of methoxy groups -OCH3 is 2. The Bertz CT molecular complexity index is 2040. The number of carbonyl (C=O) groups is 1. The van der Waals surface area contributed by atoms with Crippen molar-refractivity contribution in [3.05, 3.63) is 119 Å². The van der Waals surface area contributed by atoms with Gasteiger partial charge in [0.1, 0.15) is 18.4 Å². The minimum Gasteiger partial charge on any atom is -0.496 e. The van der Waals surface area contributed by atoms with Crippen molar-refractivity contribution in [2.75, 3.05) is 20.8 Å². The smallest absolute Gasteiger partial charge is 0.338 e. The number of hydrogen-bond acceptors (Lipinski definition) is 9. The molecule has 1 atom stereocenters. The molecule has 0 amide bonds. The van der Waals surface area contributed by atoms with Crippen molar-refractivity contribution in [3.8, 4) is 23.3 Å². The number of rotatable bonds is 11. The molecule has 4 aromatic rings. The number of benzene rings is 3. The standard InChI is InChI=1S/C35H32ClN3O6S/c1-5-9-26-31(34(41)44-6-2)32(25-18-24(36)13-15-27(25)42-3)39-33(40)30(46-35(39)38-26)17-21-12-14-28(29(16-21)43-4)45-20-23-11-8-7-10-22(23)19-37/h7-8,10-18,32H,5-6,9,20H2,1-4H3/b30-17+/t32-/m1/s1. The fourth-order valence-corrected chi connectivity index (χ4v) is 6.49. The van der Waals surface area contributed by atoms with Crippen LogP contribution in [-0.2, 0) is 16.1 Å². The lowest BCUT2D eigenvalue weighted by Crippen LogP contribution is -2.40. The summed E-state index contributed by atoms with van der Waals surface area (Å²) in [5.41, 5.74) is 3.05. The summed E-state index contributed by atoms with van der Waals surface area (Å²) in [6.45, 7) is 4.09. The molecule has 5 rings (SSSR count). The zero-order chi connectivity index (χ0) is 32.8. The minimum absolute atomic E-state index is 0.165. The van der Waals surface area contributed by atoms with E-state index in [0.29, 0.717) is 60.4 Å². The normalized spacial score (nSPS) is 14.3. The van der Waals surface area contributed by atoms with Crippen molar-refractivity contribution in [1.82, 2.24) is 4.57 Å². The molecule has 0 N–H and O–H groups in total. The number of hydrogen-bond donors (Lipinski definition) is 0. The van der Waals surface area contributed by atoms with Crippen LogP contribution in [-0.4, -0.2) is 31.4 Å². The summed E-state index contributed by atoms with van der Waals surface area (Å²) in [7, 11) is 3.06. The van der Waals surface area contributed by atoms with Crippen LogP contribution < -0.4 is 29.1 Å². The molecule has 0 saturated heterocycles. The van der Waals surface area contributed by atoms with Gasteiger partial charge in [0, 0.05) is 16.1 Å². The van der Waals surface area contributed by atoms with Gasteiger partial charge in [-0.25, -0.2) is 9.79 Å². The molecule has 0 radical (unpaired) electrons. The molecule has 46 heavy (non-hydrogen) atoms. The maximum Gasteiger partial charge on any atom is 0.338 e. The summed E-state index contributed by atoms with van der Waals surface area (Å²) in [4.78, 5) is 32.9. The molecule has 3 aromatic carbocycles. The molecule has 1 aliphatic heterocycles. The van der Waals surface area contributed by atoms with Gasteiger partial charge in [-0.2, -0.15) is 5.26 Å². The first kappa shape index (κ1) is 32.5. The molecule has 236 valence electrons. The fraction of sp³-hybridized carbons (Fsp3) is 0.257. The Morgan fingerprint density at radius 3 is 2.54 bits per heavy atom. The van der Waals surface area contributed by atoms with Crippen LogP contribution in [0.5, 0.6) is 17.2 Å². The van der Waals surface area contributed by atoms with Crippen molar-refractivity contribution in [3.63, 3.8) is 0 Å². The largest absolute Gasteiger partial charge is 0.496 e. The molecule has 11 heteroatoms. The number of fused-ring (bicyclic) bond motifs is 1. The van der Waals surface area contributed by atoms with E-state index in [1.807, 2.05) is 25.1 Å². The highest BCUT2D eigenvalue weighted by Crippen LogP contribution is 2.38. The summed E-state index contributed by atoms with van der Waals surface area (Å²) in [5.74, 6) is 0.882. The first-order valence-electron chi connectivity index (χ1n) is 14.7. The van der Waals surface area contributed by atoms with E-state index in [4.69, 9.17) is 35.5 Å². The average Bonchev–Trinajstić information content (AvgIpc) is 3.37. The SMILES string of the molecule is CCCC1=C(C(=O)OCC)[C@@H](c2cc(Cl)ccc2OC)n2c(s/c(=C/c3ccc(OCc4ccccc4C#N)c(OC)c3)c2=O)=N1. The third kappa shape index (κ3) is 6.57.